The van der Waals surface area contributed by atoms with Gasteiger partial charge in [0, 0.05) is 10.7 Å². The van der Waals surface area contributed by atoms with Crippen LogP contribution in [0.5, 0.6) is 0 Å². The number of amides is 2. The van der Waals surface area contributed by atoms with E-state index in [1.165, 1.54) is 0 Å². The molecule has 0 bridgehead atoms. The van der Waals surface area contributed by atoms with Crippen molar-refractivity contribution in [2.75, 3.05) is 30.3 Å². The van der Waals surface area contributed by atoms with Crippen molar-refractivity contribution in [1.82, 2.24) is 4.90 Å². The van der Waals surface area contributed by atoms with Crippen LogP contribution in [-0.2, 0) is 9.59 Å². The van der Waals surface area contributed by atoms with Gasteiger partial charge < -0.3 is 10.6 Å². The van der Waals surface area contributed by atoms with Crippen LogP contribution in [0.2, 0.25) is 5.02 Å². The summed E-state index contributed by atoms with van der Waals surface area (Å²) < 4.78 is 39.9. The van der Waals surface area contributed by atoms with Crippen LogP contribution in [0.4, 0.5) is 24.5 Å². The monoisotopic (exact) mass is 413 g/mol. The zero-order valence-corrected chi connectivity index (χ0v) is 15.8. The second kappa shape index (κ2) is 10.1. The van der Waals surface area contributed by atoms with Gasteiger partial charge in [-0.2, -0.15) is 0 Å². The summed E-state index contributed by atoms with van der Waals surface area (Å²) in [5.74, 6) is -5.48. The fourth-order valence-corrected chi connectivity index (χ4v) is 2.61. The van der Waals surface area contributed by atoms with Gasteiger partial charge in [0.1, 0.15) is 0 Å². The van der Waals surface area contributed by atoms with E-state index in [9.17, 15) is 22.8 Å². The van der Waals surface area contributed by atoms with E-state index in [1.807, 2.05) is 6.92 Å². The Labute approximate surface area is 165 Å². The zero-order valence-electron chi connectivity index (χ0n) is 15.1. The highest BCUT2D eigenvalue weighted by Gasteiger charge is 2.18. The van der Waals surface area contributed by atoms with E-state index in [1.54, 1.807) is 29.2 Å². The van der Waals surface area contributed by atoms with Crippen molar-refractivity contribution < 1.29 is 22.8 Å². The van der Waals surface area contributed by atoms with Crippen LogP contribution >= 0.6 is 11.6 Å². The molecule has 2 rings (SSSR count). The number of carbonyl (C=O) groups excluding carboxylic acids is 2. The third-order valence-corrected chi connectivity index (χ3v) is 3.96. The predicted molar refractivity (Wildman–Crippen MR) is 102 cm³/mol. The van der Waals surface area contributed by atoms with Crippen LogP contribution in [0.3, 0.4) is 0 Å². The van der Waals surface area contributed by atoms with E-state index < -0.39 is 29.0 Å². The molecule has 0 spiro atoms. The highest BCUT2D eigenvalue weighted by atomic mass is 35.5. The average molecular weight is 414 g/mol. The van der Waals surface area contributed by atoms with Crippen LogP contribution < -0.4 is 10.6 Å². The summed E-state index contributed by atoms with van der Waals surface area (Å²) in [5.41, 5.74) is 0.0881. The first-order chi connectivity index (χ1) is 13.3. The Balaban J connectivity index is 1.95. The molecule has 0 saturated carbocycles. The molecule has 150 valence electrons. The average Bonchev–Trinajstić information content (AvgIpc) is 2.64. The van der Waals surface area contributed by atoms with E-state index >= 15 is 0 Å². The van der Waals surface area contributed by atoms with Crippen molar-refractivity contribution in [3.05, 3.63) is 58.9 Å². The summed E-state index contributed by atoms with van der Waals surface area (Å²) in [6, 6.07) is 8.20. The highest BCUT2D eigenvalue weighted by Crippen LogP contribution is 2.19. The number of rotatable bonds is 8. The van der Waals surface area contributed by atoms with Gasteiger partial charge in [-0.3, -0.25) is 14.5 Å². The molecule has 0 fully saturated rings. The molecule has 28 heavy (non-hydrogen) atoms. The fourth-order valence-electron chi connectivity index (χ4n) is 2.48. The lowest BCUT2D eigenvalue weighted by Gasteiger charge is -2.20. The summed E-state index contributed by atoms with van der Waals surface area (Å²) >= 11 is 5.79. The Morgan fingerprint density at radius 1 is 0.929 bits per heavy atom. The topological polar surface area (TPSA) is 61.4 Å². The Kier molecular flexibility index (Phi) is 7.83. The summed E-state index contributed by atoms with van der Waals surface area (Å²) in [6.45, 7) is 2.00. The normalized spacial score (nSPS) is 10.8. The second-order valence-electron chi connectivity index (χ2n) is 6.04. The van der Waals surface area contributed by atoms with Crippen molar-refractivity contribution in [3.63, 3.8) is 0 Å². The smallest absolute Gasteiger partial charge is 0.238 e. The predicted octanol–water partition coefficient (Wildman–Crippen LogP) is 4.05. The maximum atomic E-state index is 13.7. The SMILES string of the molecule is CCCN(CC(=O)Nc1ccc(Cl)cc1)CC(=O)Nc1ccc(F)c(F)c1F. The molecule has 0 aliphatic rings. The van der Waals surface area contributed by atoms with E-state index in [0.29, 0.717) is 23.7 Å². The van der Waals surface area contributed by atoms with E-state index in [0.717, 1.165) is 12.1 Å². The van der Waals surface area contributed by atoms with Crippen molar-refractivity contribution in [2.24, 2.45) is 0 Å². The first-order valence-electron chi connectivity index (χ1n) is 8.51. The molecule has 0 radical (unpaired) electrons. The molecule has 0 aromatic heterocycles. The van der Waals surface area contributed by atoms with E-state index in [4.69, 9.17) is 11.6 Å². The van der Waals surface area contributed by atoms with E-state index in [2.05, 4.69) is 10.6 Å². The molecule has 9 heteroatoms. The van der Waals surface area contributed by atoms with Crippen LogP contribution in [0, 0.1) is 17.5 Å². The number of halogens is 4. The standard InChI is InChI=1S/C19H19ClF3N3O2/c1-2-9-26(10-16(27)24-13-5-3-12(20)4-6-13)11-17(28)25-15-8-7-14(21)18(22)19(15)23/h3-8H,2,9-11H2,1H3,(H,24,27)(H,25,28). The fraction of sp³-hybridized carbons (Fsp3) is 0.263. The second-order valence-corrected chi connectivity index (χ2v) is 6.47. The molecule has 2 amide bonds. The Bertz CT molecular complexity index is 847. The maximum absolute atomic E-state index is 13.7. The lowest BCUT2D eigenvalue weighted by molar-refractivity contribution is -0.120. The Morgan fingerprint density at radius 3 is 2.14 bits per heavy atom. The lowest BCUT2D eigenvalue weighted by Crippen LogP contribution is -2.39. The van der Waals surface area contributed by atoms with Gasteiger partial charge in [0.05, 0.1) is 18.8 Å². The first-order valence-corrected chi connectivity index (χ1v) is 8.89. The molecule has 0 atom stereocenters. The maximum Gasteiger partial charge on any atom is 0.238 e. The summed E-state index contributed by atoms with van der Waals surface area (Å²) in [4.78, 5) is 25.9. The van der Waals surface area contributed by atoms with Crippen LogP contribution in [0.1, 0.15) is 13.3 Å². The van der Waals surface area contributed by atoms with Crippen molar-refractivity contribution >= 4 is 34.8 Å². The van der Waals surface area contributed by atoms with Gasteiger partial charge in [0.15, 0.2) is 17.5 Å². The number of anilines is 2. The number of nitrogens with zero attached hydrogens (tertiary/aromatic N) is 1. The van der Waals surface area contributed by atoms with Gasteiger partial charge in [0.25, 0.3) is 0 Å². The molecule has 2 N–H and O–H groups in total. The molecule has 2 aromatic carbocycles. The van der Waals surface area contributed by atoms with Crippen molar-refractivity contribution in [1.29, 1.82) is 0 Å². The molecule has 5 nitrogen and oxygen atoms in total. The third kappa shape index (κ3) is 6.24. The molecule has 0 unspecified atom stereocenters. The summed E-state index contributed by atoms with van der Waals surface area (Å²) in [5, 5.41) is 5.40. The van der Waals surface area contributed by atoms with Crippen molar-refractivity contribution in [3.8, 4) is 0 Å². The van der Waals surface area contributed by atoms with Crippen molar-refractivity contribution in [2.45, 2.75) is 13.3 Å². The largest absolute Gasteiger partial charge is 0.325 e. The Morgan fingerprint density at radius 2 is 1.54 bits per heavy atom. The van der Waals surface area contributed by atoms with Gasteiger partial charge >= 0.3 is 0 Å². The minimum absolute atomic E-state index is 0.0792. The number of hydrogen-bond acceptors (Lipinski definition) is 3. The molecule has 0 aliphatic heterocycles. The minimum Gasteiger partial charge on any atom is -0.325 e. The van der Waals surface area contributed by atoms with Gasteiger partial charge in [0.2, 0.25) is 11.8 Å². The third-order valence-electron chi connectivity index (χ3n) is 3.71. The van der Waals surface area contributed by atoms with E-state index in [-0.39, 0.29) is 19.0 Å². The van der Waals surface area contributed by atoms with Gasteiger partial charge in [-0.05, 0) is 49.4 Å². The molecular formula is C19H19ClF3N3O2. The highest BCUT2D eigenvalue weighted by molar-refractivity contribution is 6.30. The quantitative estimate of drug-likeness (QED) is 0.642. The van der Waals surface area contributed by atoms with Gasteiger partial charge in [-0.15, -0.1) is 0 Å². The number of carbonyl (C=O) groups is 2. The number of hydrogen-bond donors (Lipinski definition) is 2. The van der Waals surface area contributed by atoms with Gasteiger partial charge in [-0.25, -0.2) is 13.2 Å². The molecule has 0 saturated heterocycles. The lowest BCUT2D eigenvalue weighted by atomic mass is 10.2. The molecule has 2 aromatic rings. The molecule has 0 heterocycles. The summed E-state index contributed by atoms with van der Waals surface area (Å²) in [7, 11) is 0. The Hall–Kier alpha value is -2.58. The zero-order chi connectivity index (χ0) is 20.7. The number of nitrogens with one attached hydrogen (secondary N) is 2. The van der Waals surface area contributed by atoms with Crippen LogP contribution in [0.15, 0.2) is 36.4 Å². The summed E-state index contributed by atoms with van der Waals surface area (Å²) in [6.07, 6.45) is 0.668. The van der Waals surface area contributed by atoms with Crippen LogP contribution in [0.25, 0.3) is 0 Å². The minimum atomic E-state index is -1.66. The number of benzene rings is 2. The first kappa shape index (κ1) is 21.7. The molecule has 0 aliphatic carbocycles. The van der Waals surface area contributed by atoms with Crippen LogP contribution in [-0.4, -0.2) is 36.3 Å². The molecular weight excluding hydrogens is 395 g/mol. The van der Waals surface area contributed by atoms with Gasteiger partial charge in [-0.1, -0.05) is 18.5 Å².